The Morgan fingerprint density at radius 1 is 1.22 bits per heavy atom. The van der Waals surface area contributed by atoms with Gasteiger partial charge >= 0.3 is 0 Å². The predicted molar refractivity (Wildman–Crippen MR) is 64.5 cm³/mol. The van der Waals surface area contributed by atoms with Crippen LogP contribution in [0.2, 0.25) is 0 Å². The lowest BCUT2D eigenvalue weighted by Crippen LogP contribution is -2.36. The summed E-state index contributed by atoms with van der Waals surface area (Å²) < 4.78 is 25.2. The van der Waals surface area contributed by atoms with Gasteiger partial charge in [0.05, 0.1) is 25.6 Å². The molecule has 0 fully saturated rings. The molecule has 102 valence electrons. The minimum atomic E-state index is -3.79. The van der Waals surface area contributed by atoms with Gasteiger partial charge in [-0.05, 0) is 0 Å². The third kappa shape index (κ3) is 3.35. The van der Waals surface area contributed by atoms with Crippen LogP contribution in [-0.2, 0) is 10.0 Å². The number of hydrogen-bond donors (Lipinski definition) is 3. The van der Waals surface area contributed by atoms with Crippen LogP contribution in [0.4, 0.5) is 5.95 Å². The number of aliphatic hydroxyl groups excluding tert-OH is 2. The summed E-state index contributed by atoms with van der Waals surface area (Å²) in [6.45, 7) is -0.823. The summed E-state index contributed by atoms with van der Waals surface area (Å²) in [6.07, 6.45) is 2.35. The number of rotatable bonds is 7. The third-order valence-corrected chi connectivity index (χ3v) is 4.04. The number of hydrogen-bond acceptors (Lipinski definition) is 7. The Hall–Kier alpha value is -1.29. The molecule has 1 aromatic rings. The first-order valence-corrected chi connectivity index (χ1v) is 6.72. The van der Waals surface area contributed by atoms with Crippen LogP contribution in [0.1, 0.15) is 0 Å². The monoisotopic (exact) mass is 276 g/mol. The van der Waals surface area contributed by atoms with Gasteiger partial charge in [0, 0.05) is 20.1 Å². The maximum absolute atomic E-state index is 12.1. The fraction of sp³-hybridized carbons (Fsp3) is 0.556. The molecule has 0 aromatic carbocycles. The average Bonchev–Trinajstić information content (AvgIpc) is 2.38. The molecule has 0 aliphatic carbocycles. The van der Waals surface area contributed by atoms with E-state index in [2.05, 4.69) is 15.3 Å². The molecule has 0 aliphatic heterocycles. The van der Waals surface area contributed by atoms with Crippen molar-refractivity contribution >= 4 is 16.0 Å². The smallest absolute Gasteiger partial charge is 0.246 e. The second-order valence-corrected chi connectivity index (χ2v) is 5.28. The van der Waals surface area contributed by atoms with Crippen molar-refractivity contribution in [3.63, 3.8) is 0 Å². The molecule has 18 heavy (non-hydrogen) atoms. The van der Waals surface area contributed by atoms with Gasteiger partial charge in [-0.3, -0.25) is 0 Å². The van der Waals surface area contributed by atoms with E-state index in [9.17, 15) is 8.42 Å². The standard InChI is InChI=1S/C9H16N4O4S/c1-10-9-11-6-8(7-12-9)18(16,17)13(2-4-14)3-5-15/h6-7,14-15H,2-5H2,1H3,(H,10,11,12). The van der Waals surface area contributed by atoms with Gasteiger partial charge in [-0.1, -0.05) is 0 Å². The van der Waals surface area contributed by atoms with Gasteiger partial charge in [0.25, 0.3) is 0 Å². The van der Waals surface area contributed by atoms with Gasteiger partial charge in [-0.2, -0.15) is 4.31 Å². The molecular formula is C9H16N4O4S. The van der Waals surface area contributed by atoms with E-state index in [-0.39, 0.29) is 31.2 Å². The van der Waals surface area contributed by atoms with Gasteiger partial charge in [-0.25, -0.2) is 18.4 Å². The predicted octanol–water partition coefficient (Wildman–Crippen LogP) is -1.51. The van der Waals surface area contributed by atoms with Gasteiger partial charge in [-0.15, -0.1) is 0 Å². The SMILES string of the molecule is CNc1ncc(S(=O)(=O)N(CCO)CCO)cn1. The van der Waals surface area contributed by atoms with Gasteiger partial charge in [0.2, 0.25) is 16.0 Å². The van der Waals surface area contributed by atoms with Crippen LogP contribution in [0.15, 0.2) is 17.3 Å². The summed E-state index contributed by atoms with van der Waals surface area (Å²) in [7, 11) is -2.17. The lowest BCUT2D eigenvalue weighted by Gasteiger charge is -2.19. The third-order valence-electron chi connectivity index (χ3n) is 2.19. The molecule has 1 aromatic heterocycles. The van der Waals surface area contributed by atoms with Crippen molar-refractivity contribution in [1.29, 1.82) is 0 Å². The normalized spacial score (nSPS) is 11.8. The van der Waals surface area contributed by atoms with E-state index in [0.717, 1.165) is 4.31 Å². The van der Waals surface area contributed by atoms with E-state index < -0.39 is 10.0 Å². The summed E-state index contributed by atoms with van der Waals surface area (Å²) in [5.74, 6) is 0.310. The molecule has 0 saturated carbocycles. The first-order valence-electron chi connectivity index (χ1n) is 5.28. The van der Waals surface area contributed by atoms with Crippen molar-refractivity contribution in [2.24, 2.45) is 0 Å². The van der Waals surface area contributed by atoms with Crippen molar-refractivity contribution in [1.82, 2.24) is 14.3 Å². The van der Waals surface area contributed by atoms with Crippen LogP contribution in [0, 0.1) is 0 Å². The zero-order valence-corrected chi connectivity index (χ0v) is 10.8. The van der Waals surface area contributed by atoms with Crippen LogP contribution in [0.3, 0.4) is 0 Å². The Balaban J connectivity index is 3.01. The fourth-order valence-corrected chi connectivity index (χ4v) is 2.62. The number of nitrogens with one attached hydrogen (secondary N) is 1. The largest absolute Gasteiger partial charge is 0.395 e. The van der Waals surface area contributed by atoms with Gasteiger partial charge in [0.1, 0.15) is 4.90 Å². The molecule has 3 N–H and O–H groups in total. The summed E-state index contributed by atoms with van der Waals surface area (Å²) in [5, 5.41) is 20.3. The van der Waals surface area contributed by atoms with Crippen LogP contribution in [-0.4, -0.2) is 66.3 Å². The summed E-state index contributed by atoms with van der Waals surface area (Å²) in [5.41, 5.74) is 0. The molecule has 0 amide bonds. The Labute approximate surface area is 105 Å². The van der Waals surface area contributed by atoms with E-state index >= 15 is 0 Å². The van der Waals surface area contributed by atoms with E-state index in [1.54, 1.807) is 7.05 Å². The topological polar surface area (TPSA) is 116 Å². The van der Waals surface area contributed by atoms with Gasteiger partial charge < -0.3 is 15.5 Å². The van der Waals surface area contributed by atoms with Crippen molar-refractivity contribution in [3.05, 3.63) is 12.4 Å². The molecule has 0 saturated heterocycles. The minimum Gasteiger partial charge on any atom is -0.395 e. The molecule has 0 bridgehead atoms. The van der Waals surface area contributed by atoms with Crippen LogP contribution in [0.5, 0.6) is 0 Å². The Kier molecular flexibility index (Phi) is 5.41. The number of nitrogens with zero attached hydrogens (tertiary/aromatic N) is 3. The summed E-state index contributed by atoms with van der Waals surface area (Å²) >= 11 is 0. The molecule has 0 radical (unpaired) electrons. The summed E-state index contributed by atoms with van der Waals surface area (Å²) in [4.78, 5) is 7.55. The molecule has 0 unspecified atom stereocenters. The lowest BCUT2D eigenvalue weighted by molar-refractivity contribution is 0.217. The highest BCUT2D eigenvalue weighted by atomic mass is 32.2. The molecule has 0 aliphatic rings. The second kappa shape index (κ2) is 6.59. The first kappa shape index (κ1) is 14.8. The number of aliphatic hydroxyl groups is 2. The van der Waals surface area contributed by atoms with Crippen molar-refractivity contribution < 1.29 is 18.6 Å². The average molecular weight is 276 g/mol. The highest BCUT2D eigenvalue weighted by molar-refractivity contribution is 7.89. The highest BCUT2D eigenvalue weighted by Crippen LogP contribution is 2.13. The molecule has 9 heteroatoms. The highest BCUT2D eigenvalue weighted by Gasteiger charge is 2.24. The van der Waals surface area contributed by atoms with Crippen molar-refractivity contribution in [2.45, 2.75) is 4.90 Å². The number of anilines is 1. The van der Waals surface area contributed by atoms with E-state index in [0.29, 0.717) is 5.95 Å². The molecule has 1 heterocycles. The number of sulfonamides is 1. The first-order chi connectivity index (χ1) is 8.56. The van der Waals surface area contributed by atoms with E-state index in [1.165, 1.54) is 12.4 Å². The zero-order chi connectivity index (χ0) is 13.6. The zero-order valence-electron chi connectivity index (χ0n) is 9.94. The fourth-order valence-electron chi connectivity index (χ4n) is 1.30. The van der Waals surface area contributed by atoms with Crippen LogP contribution < -0.4 is 5.32 Å². The van der Waals surface area contributed by atoms with Gasteiger partial charge in [0.15, 0.2) is 0 Å². The Morgan fingerprint density at radius 2 is 1.72 bits per heavy atom. The quantitative estimate of drug-likeness (QED) is 0.554. The Morgan fingerprint density at radius 3 is 2.11 bits per heavy atom. The maximum Gasteiger partial charge on any atom is 0.246 e. The van der Waals surface area contributed by atoms with Crippen LogP contribution >= 0.6 is 0 Å². The van der Waals surface area contributed by atoms with Crippen molar-refractivity contribution in [2.75, 3.05) is 38.7 Å². The van der Waals surface area contributed by atoms with Crippen LogP contribution in [0.25, 0.3) is 0 Å². The lowest BCUT2D eigenvalue weighted by atomic mass is 10.6. The maximum atomic E-state index is 12.1. The van der Waals surface area contributed by atoms with Crippen molar-refractivity contribution in [3.8, 4) is 0 Å². The molecule has 0 atom stereocenters. The molecule has 0 spiro atoms. The second-order valence-electron chi connectivity index (χ2n) is 3.34. The van der Waals surface area contributed by atoms with E-state index in [1.807, 2.05) is 0 Å². The molecule has 8 nitrogen and oxygen atoms in total. The molecule has 1 rings (SSSR count). The molecular weight excluding hydrogens is 260 g/mol. The Bertz CT molecular complexity index is 456. The number of aromatic nitrogens is 2. The minimum absolute atomic E-state index is 0.0802. The van der Waals surface area contributed by atoms with E-state index in [4.69, 9.17) is 10.2 Å². The summed E-state index contributed by atoms with van der Waals surface area (Å²) in [6, 6.07) is 0.